The van der Waals surface area contributed by atoms with Gasteiger partial charge in [0.25, 0.3) is 11.5 Å². The van der Waals surface area contributed by atoms with Crippen LogP contribution in [0.25, 0.3) is 10.9 Å². The maximum absolute atomic E-state index is 13.3. The van der Waals surface area contributed by atoms with E-state index in [1.807, 2.05) is 0 Å². The van der Waals surface area contributed by atoms with Gasteiger partial charge in [-0.15, -0.1) is 0 Å². The monoisotopic (exact) mass is 488 g/mol. The number of benzene rings is 2. The number of hydrogen-bond donors (Lipinski definition) is 2. The van der Waals surface area contributed by atoms with E-state index in [2.05, 4.69) is 15.8 Å². The topological polar surface area (TPSA) is 93.1 Å². The number of nitrogens with one attached hydrogen (secondary N) is 2. The van der Waals surface area contributed by atoms with Gasteiger partial charge < -0.3 is 0 Å². The second kappa shape index (κ2) is 10.4. The van der Waals surface area contributed by atoms with Crippen molar-refractivity contribution in [3.05, 3.63) is 69.2 Å². The third kappa shape index (κ3) is 5.54. The van der Waals surface area contributed by atoms with Crippen LogP contribution >= 0.6 is 23.4 Å². The Labute approximate surface area is 198 Å². The predicted octanol–water partition coefficient (Wildman–Crippen LogP) is 4.25. The third-order valence-corrected chi connectivity index (χ3v) is 6.71. The molecule has 0 spiro atoms. The predicted molar refractivity (Wildman–Crippen MR) is 126 cm³/mol. The Kier molecular flexibility index (Phi) is 7.29. The number of hydrazine groups is 1. The van der Waals surface area contributed by atoms with E-state index in [0.29, 0.717) is 21.1 Å². The molecule has 7 nitrogen and oxygen atoms in total. The summed E-state index contributed by atoms with van der Waals surface area (Å²) in [6.07, 6.45) is 4.98. The van der Waals surface area contributed by atoms with Crippen LogP contribution in [-0.4, -0.2) is 27.1 Å². The molecule has 1 fully saturated rings. The molecule has 1 aliphatic rings. The maximum Gasteiger partial charge on any atom is 0.269 e. The van der Waals surface area contributed by atoms with Crippen LogP contribution in [0, 0.1) is 5.82 Å². The minimum absolute atomic E-state index is 0.0302. The smallest absolute Gasteiger partial charge is 0.269 e. The molecule has 172 valence electrons. The molecular weight excluding hydrogens is 467 g/mol. The van der Waals surface area contributed by atoms with Crippen molar-refractivity contribution in [1.29, 1.82) is 0 Å². The molecule has 1 aromatic heterocycles. The van der Waals surface area contributed by atoms with Crippen LogP contribution in [0.15, 0.2) is 52.4 Å². The summed E-state index contributed by atoms with van der Waals surface area (Å²) in [6, 6.07) is 9.97. The number of amides is 2. The Bertz CT molecular complexity index is 1240. The summed E-state index contributed by atoms with van der Waals surface area (Å²) < 4.78 is 14.7. The second-order valence-corrected chi connectivity index (χ2v) is 9.20. The van der Waals surface area contributed by atoms with Gasteiger partial charge in [-0.05, 0) is 55.3 Å². The van der Waals surface area contributed by atoms with Crippen LogP contribution in [0.5, 0.6) is 0 Å². The molecule has 0 atom stereocenters. The first-order chi connectivity index (χ1) is 15.9. The van der Waals surface area contributed by atoms with Crippen LogP contribution in [0.1, 0.15) is 48.5 Å². The van der Waals surface area contributed by atoms with E-state index in [9.17, 15) is 18.8 Å². The molecule has 33 heavy (non-hydrogen) atoms. The van der Waals surface area contributed by atoms with Crippen molar-refractivity contribution in [3.8, 4) is 0 Å². The van der Waals surface area contributed by atoms with Crippen molar-refractivity contribution in [2.24, 2.45) is 0 Å². The molecule has 1 heterocycles. The lowest BCUT2D eigenvalue weighted by atomic mass is 9.95. The Hall–Kier alpha value is -2.91. The van der Waals surface area contributed by atoms with Gasteiger partial charge in [0.05, 0.1) is 16.7 Å². The Morgan fingerprint density at radius 3 is 2.55 bits per heavy atom. The lowest BCUT2D eigenvalue weighted by Gasteiger charge is -2.26. The van der Waals surface area contributed by atoms with Crippen LogP contribution in [-0.2, 0) is 4.79 Å². The van der Waals surface area contributed by atoms with Crippen molar-refractivity contribution < 1.29 is 14.0 Å². The molecule has 3 aromatic rings. The summed E-state index contributed by atoms with van der Waals surface area (Å²) in [4.78, 5) is 42.4. The molecule has 10 heteroatoms. The normalized spacial score (nSPS) is 14.2. The third-order valence-electron chi connectivity index (χ3n) is 5.53. The molecule has 0 aliphatic heterocycles. The van der Waals surface area contributed by atoms with E-state index >= 15 is 0 Å². The molecule has 0 bridgehead atoms. The summed E-state index contributed by atoms with van der Waals surface area (Å²) in [5.74, 6) is -1.55. The number of fused-ring (bicyclic) bond motifs is 1. The molecule has 1 saturated carbocycles. The molecule has 4 rings (SSSR count). The van der Waals surface area contributed by atoms with Gasteiger partial charge in [0.2, 0.25) is 5.91 Å². The largest absolute Gasteiger partial charge is 0.284 e. The standard InChI is InChI=1S/C23H22ClFN4O3S/c24-15-8-11-18-19(12-15)26-23(29(22(18)32)17-4-2-1-3-5-17)33-13-20(30)27-28-21(31)14-6-9-16(25)10-7-14/h6-12,17H,1-5,13H2,(H,27,30)(H,28,31). The van der Waals surface area contributed by atoms with Crippen molar-refractivity contribution >= 4 is 46.1 Å². The zero-order valence-electron chi connectivity index (χ0n) is 17.6. The highest BCUT2D eigenvalue weighted by Crippen LogP contribution is 2.31. The van der Waals surface area contributed by atoms with E-state index in [4.69, 9.17) is 11.6 Å². The lowest BCUT2D eigenvalue weighted by molar-refractivity contribution is -0.119. The number of carbonyl (C=O) groups excluding carboxylic acids is 2. The average Bonchev–Trinajstić information content (AvgIpc) is 2.82. The number of nitrogens with zero attached hydrogens (tertiary/aromatic N) is 2. The van der Waals surface area contributed by atoms with Crippen molar-refractivity contribution in [2.45, 2.75) is 43.3 Å². The first-order valence-corrected chi connectivity index (χ1v) is 12.0. The van der Waals surface area contributed by atoms with Crippen LogP contribution in [0.3, 0.4) is 0 Å². The fourth-order valence-corrected chi connectivity index (χ4v) is 4.91. The van der Waals surface area contributed by atoms with E-state index < -0.39 is 17.6 Å². The highest BCUT2D eigenvalue weighted by molar-refractivity contribution is 7.99. The van der Waals surface area contributed by atoms with Gasteiger partial charge in [-0.1, -0.05) is 42.6 Å². The Morgan fingerprint density at radius 1 is 1.09 bits per heavy atom. The van der Waals surface area contributed by atoms with E-state index in [-0.39, 0.29) is 22.9 Å². The molecule has 0 unspecified atom stereocenters. The van der Waals surface area contributed by atoms with Gasteiger partial charge in [-0.2, -0.15) is 0 Å². The quantitative estimate of drug-likeness (QED) is 0.318. The van der Waals surface area contributed by atoms with E-state index in [1.54, 1.807) is 22.8 Å². The molecule has 0 radical (unpaired) electrons. The highest BCUT2D eigenvalue weighted by atomic mass is 35.5. The fourth-order valence-electron chi connectivity index (χ4n) is 3.88. The number of aromatic nitrogens is 2. The SMILES string of the molecule is O=C(CSc1nc2cc(Cl)ccc2c(=O)n1C1CCCCC1)NNC(=O)c1ccc(F)cc1. The van der Waals surface area contributed by atoms with Gasteiger partial charge >= 0.3 is 0 Å². The number of carbonyl (C=O) groups is 2. The molecule has 0 saturated heterocycles. The summed E-state index contributed by atoms with van der Waals surface area (Å²) in [7, 11) is 0. The zero-order chi connectivity index (χ0) is 23.4. The van der Waals surface area contributed by atoms with Crippen LogP contribution < -0.4 is 16.4 Å². The molecule has 1 aliphatic carbocycles. The zero-order valence-corrected chi connectivity index (χ0v) is 19.2. The molecule has 2 aromatic carbocycles. The second-order valence-electron chi connectivity index (χ2n) is 7.82. The molecule has 2 N–H and O–H groups in total. The van der Waals surface area contributed by atoms with E-state index in [0.717, 1.165) is 56.0 Å². The first-order valence-electron chi connectivity index (χ1n) is 10.6. The Balaban J connectivity index is 1.49. The Morgan fingerprint density at radius 2 is 1.82 bits per heavy atom. The van der Waals surface area contributed by atoms with Gasteiger partial charge in [0.1, 0.15) is 5.82 Å². The number of thioether (sulfide) groups is 1. The van der Waals surface area contributed by atoms with Gasteiger partial charge in [-0.3, -0.25) is 29.8 Å². The van der Waals surface area contributed by atoms with Crippen molar-refractivity contribution in [1.82, 2.24) is 20.4 Å². The summed E-state index contributed by atoms with van der Waals surface area (Å²) in [6.45, 7) is 0. The average molecular weight is 489 g/mol. The minimum Gasteiger partial charge on any atom is -0.284 e. The van der Waals surface area contributed by atoms with Gasteiger partial charge in [-0.25, -0.2) is 9.37 Å². The fraction of sp³-hybridized carbons (Fsp3) is 0.304. The van der Waals surface area contributed by atoms with E-state index in [1.165, 1.54) is 12.1 Å². The first kappa shape index (κ1) is 23.3. The van der Waals surface area contributed by atoms with Crippen molar-refractivity contribution in [2.75, 3.05) is 5.75 Å². The maximum atomic E-state index is 13.3. The van der Waals surface area contributed by atoms with Crippen molar-refractivity contribution in [3.63, 3.8) is 0 Å². The molecule has 2 amide bonds. The number of hydrogen-bond acceptors (Lipinski definition) is 5. The van der Waals surface area contributed by atoms with Crippen LogP contribution in [0.4, 0.5) is 4.39 Å². The molecular formula is C23H22ClFN4O3S. The minimum atomic E-state index is -0.564. The summed E-state index contributed by atoms with van der Waals surface area (Å²) >= 11 is 7.22. The lowest BCUT2D eigenvalue weighted by Crippen LogP contribution is -2.42. The summed E-state index contributed by atoms with van der Waals surface area (Å²) in [5, 5.41) is 1.41. The van der Waals surface area contributed by atoms with Gasteiger partial charge in [0.15, 0.2) is 5.16 Å². The van der Waals surface area contributed by atoms with Crippen LogP contribution in [0.2, 0.25) is 5.02 Å². The summed E-state index contributed by atoms with van der Waals surface area (Å²) in [5.41, 5.74) is 5.18. The van der Waals surface area contributed by atoms with Gasteiger partial charge in [0, 0.05) is 16.6 Å². The highest BCUT2D eigenvalue weighted by Gasteiger charge is 2.22. The number of halogens is 2. The number of rotatable bonds is 5.